The number of aromatic nitrogens is 1. The van der Waals surface area contributed by atoms with Crippen LogP contribution in [0.1, 0.15) is 18.9 Å². The first kappa shape index (κ1) is 17.6. The maximum atomic E-state index is 12.1. The lowest BCUT2D eigenvalue weighted by molar-refractivity contribution is -0.118. The van der Waals surface area contributed by atoms with Crippen molar-refractivity contribution in [3.63, 3.8) is 0 Å². The molecule has 2 heterocycles. The van der Waals surface area contributed by atoms with Crippen molar-refractivity contribution >= 4 is 63.3 Å². The van der Waals surface area contributed by atoms with E-state index in [0.717, 1.165) is 40.1 Å². The molecule has 2 N–H and O–H groups in total. The number of anilines is 2. The van der Waals surface area contributed by atoms with Crippen molar-refractivity contribution in [1.29, 1.82) is 0 Å². The Balaban J connectivity index is 1.58. The Morgan fingerprint density at radius 3 is 2.92 bits per heavy atom. The fourth-order valence-corrected chi connectivity index (χ4v) is 4.50. The maximum absolute atomic E-state index is 12.1. The summed E-state index contributed by atoms with van der Waals surface area (Å²) in [5.41, 5.74) is 4.02. The number of nitrogens with zero attached hydrogens (tertiary/aromatic N) is 1. The van der Waals surface area contributed by atoms with Gasteiger partial charge >= 0.3 is 0 Å². The van der Waals surface area contributed by atoms with Crippen LogP contribution in [0.15, 0.2) is 41.4 Å². The van der Waals surface area contributed by atoms with Crippen molar-refractivity contribution < 1.29 is 4.79 Å². The molecule has 0 bridgehead atoms. The molecule has 0 atom stereocenters. The third-order valence-electron chi connectivity index (χ3n) is 4.57. The average Bonchev–Trinajstić information content (AvgIpc) is 3.25. The molecule has 1 aliphatic rings. The van der Waals surface area contributed by atoms with Crippen LogP contribution in [0.4, 0.5) is 11.4 Å². The highest BCUT2D eigenvalue weighted by Gasteiger charge is 2.23. The average molecular weight is 406 g/mol. The number of aromatic amines is 1. The monoisotopic (exact) mass is 405 g/mol. The van der Waals surface area contributed by atoms with E-state index in [1.807, 2.05) is 24.0 Å². The van der Waals surface area contributed by atoms with Crippen LogP contribution in [0.25, 0.3) is 10.9 Å². The van der Waals surface area contributed by atoms with Gasteiger partial charge in [0.15, 0.2) is 0 Å². The Morgan fingerprint density at radius 1 is 1.27 bits per heavy atom. The molecule has 0 radical (unpaired) electrons. The Labute approximate surface area is 166 Å². The van der Waals surface area contributed by atoms with E-state index < -0.39 is 0 Å². The van der Waals surface area contributed by atoms with Gasteiger partial charge in [0.1, 0.15) is 0 Å². The largest absolute Gasteiger partial charge is 0.358 e. The van der Waals surface area contributed by atoms with Crippen LogP contribution in [0.2, 0.25) is 10.0 Å². The van der Waals surface area contributed by atoms with Gasteiger partial charge in [0.25, 0.3) is 0 Å². The van der Waals surface area contributed by atoms with Gasteiger partial charge in [-0.2, -0.15) is 0 Å². The third-order valence-corrected chi connectivity index (χ3v) is 6.00. The van der Waals surface area contributed by atoms with Gasteiger partial charge in [-0.3, -0.25) is 4.79 Å². The van der Waals surface area contributed by atoms with Crippen molar-refractivity contribution in [2.45, 2.75) is 24.7 Å². The van der Waals surface area contributed by atoms with Crippen molar-refractivity contribution in [1.82, 2.24) is 4.98 Å². The van der Waals surface area contributed by atoms with Crippen molar-refractivity contribution in [3.05, 3.63) is 52.1 Å². The molecule has 3 aromatic rings. The molecule has 134 valence electrons. The second-order valence-corrected chi connectivity index (χ2v) is 7.82. The summed E-state index contributed by atoms with van der Waals surface area (Å²) in [6.45, 7) is 2.66. The van der Waals surface area contributed by atoms with Crippen LogP contribution in [0.3, 0.4) is 0 Å². The predicted molar refractivity (Wildman–Crippen MR) is 111 cm³/mol. The number of hydrogen-bond donors (Lipinski definition) is 2. The highest BCUT2D eigenvalue weighted by atomic mass is 35.5. The number of fused-ring (bicyclic) bond motifs is 2. The molecule has 4 rings (SSSR count). The minimum absolute atomic E-state index is 0.166. The SMILES string of the molecule is CCC(=O)N1CCc2ccc(SNc3ccc(Cl)c4c(Cl)c[nH]c34)cc21. The van der Waals surface area contributed by atoms with E-state index >= 15 is 0 Å². The van der Waals surface area contributed by atoms with E-state index in [2.05, 4.69) is 27.9 Å². The van der Waals surface area contributed by atoms with Gasteiger partial charge in [-0.15, -0.1) is 0 Å². The Morgan fingerprint density at radius 2 is 2.12 bits per heavy atom. The van der Waals surface area contributed by atoms with Crippen LogP contribution in [0.5, 0.6) is 0 Å². The molecule has 4 nitrogen and oxygen atoms in total. The third kappa shape index (κ3) is 3.04. The fourth-order valence-electron chi connectivity index (χ4n) is 3.24. The van der Waals surface area contributed by atoms with Crippen molar-refractivity contribution in [3.8, 4) is 0 Å². The Bertz CT molecular complexity index is 1000. The van der Waals surface area contributed by atoms with Crippen LogP contribution >= 0.6 is 35.1 Å². The molecule has 7 heteroatoms. The highest BCUT2D eigenvalue weighted by Crippen LogP contribution is 2.37. The van der Waals surface area contributed by atoms with Gasteiger partial charge < -0.3 is 14.6 Å². The lowest BCUT2D eigenvalue weighted by Crippen LogP contribution is -2.27. The molecule has 1 aromatic heterocycles. The zero-order valence-electron chi connectivity index (χ0n) is 14.1. The molecule has 0 aliphatic carbocycles. The summed E-state index contributed by atoms with van der Waals surface area (Å²) in [4.78, 5) is 18.2. The van der Waals surface area contributed by atoms with E-state index in [0.29, 0.717) is 16.5 Å². The number of halogens is 2. The van der Waals surface area contributed by atoms with Gasteiger partial charge in [0.2, 0.25) is 5.91 Å². The lowest BCUT2D eigenvalue weighted by atomic mass is 10.2. The molecular weight excluding hydrogens is 389 g/mol. The summed E-state index contributed by atoms with van der Waals surface area (Å²) < 4.78 is 3.36. The van der Waals surface area contributed by atoms with Crippen LogP contribution < -0.4 is 9.62 Å². The van der Waals surface area contributed by atoms with E-state index in [-0.39, 0.29) is 5.91 Å². The van der Waals surface area contributed by atoms with Gasteiger partial charge in [0, 0.05) is 35.1 Å². The number of benzene rings is 2. The maximum Gasteiger partial charge on any atom is 0.226 e. The lowest BCUT2D eigenvalue weighted by Gasteiger charge is -2.17. The zero-order valence-corrected chi connectivity index (χ0v) is 16.4. The number of nitrogens with one attached hydrogen (secondary N) is 2. The minimum Gasteiger partial charge on any atom is -0.358 e. The smallest absolute Gasteiger partial charge is 0.226 e. The molecule has 0 fully saturated rings. The first-order valence-corrected chi connectivity index (χ1v) is 9.97. The molecule has 1 aliphatic heterocycles. The summed E-state index contributed by atoms with van der Waals surface area (Å²) in [7, 11) is 0. The summed E-state index contributed by atoms with van der Waals surface area (Å²) in [5, 5.41) is 2.03. The zero-order chi connectivity index (χ0) is 18.3. The summed E-state index contributed by atoms with van der Waals surface area (Å²) in [5.74, 6) is 0.166. The molecule has 0 saturated carbocycles. The van der Waals surface area contributed by atoms with E-state index in [1.54, 1.807) is 6.20 Å². The van der Waals surface area contributed by atoms with Gasteiger partial charge in [0.05, 0.1) is 21.2 Å². The second kappa shape index (κ2) is 7.06. The number of H-pyrrole nitrogens is 1. The molecule has 1 amide bonds. The Hall–Kier alpha value is -1.82. The summed E-state index contributed by atoms with van der Waals surface area (Å²) in [6, 6.07) is 10.0. The summed E-state index contributed by atoms with van der Waals surface area (Å²) in [6.07, 6.45) is 3.17. The molecule has 26 heavy (non-hydrogen) atoms. The second-order valence-electron chi connectivity index (χ2n) is 6.13. The number of amides is 1. The van der Waals surface area contributed by atoms with Gasteiger partial charge in [-0.1, -0.05) is 36.2 Å². The molecule has 0 spiro atoms. The quantitative estimate of drug-likeness (QED) is 0.531. The number of rotatable bonds is 4. The first-order chi connectivity index (χ1) is 12.6. The first-order valence-electron chi connectivity index (χ1n) is 8.39. The van der Waals surface area contributed by atoms with E-state index in [1.165, 1.54) is 17.5 Å². The van der Waals surface area contributed by atoms with Crippen LogP contribution in [-0.4, -0.2) is 17.4 Å². The van der Waals surface area contributed by atoms with Gasteiger partial charge in [-0.25, -0.2) is 0 Å². The topological polar surface area (TPSA) is 48.1 Å². The number of carbonyl (C=O) groups is 1. The van der Waals surface area contributed by atoms with E-state index in [4.69, 9.17) is 23.2 Å². The standard InChI is InChI=1S/C19H17Cl2N3OS/c1-2-17(25)24-8-7-11-3-4-12(9-16(11)24)26-23-15-6-5-13(20)18-14(21)10-22-19(15)18/h3-6,9-10,22-23H,2,7-8H2,1H3. The minimum atomic E-state index is 0.166. The molecule has 2 aromatic carbocycles. The molecular formula is C19H17Cl2N3OS. The van der Waals surface area contributed by atoms with E-state index in [9.17, 15) is 4.79 Å². The van der Waals surface area contributed by atoms with Crippen LogP contribution in [0, 0.1) is 0 Å². The Kier molecular flexibility index (Phi) is 4.78. The van der Waals surface area contributed by atoms with Crippen LogP contribution in [-0.2, 0) is 11.2 Å². The van der Waals surface area contributed by atoms with Gasteiger partial charge in [-0.05, 0) is 48.2 Å². The predicted octanol–water partition coefficient (Wildman–Crippen LogP) is 5.89. The normalized spacial score (nSPS) is 13.3. The number of hydrogen-bond acceptors (Lipinski definition) is 3. The highest BCUT2D eigenvalue weighted by molar-refractivity contribution is 8.00. The summed E-state index contributed by atoms with van der Waals surface area (Å²) >= 11 is 13.9. The number of carbonyl (C=O) groups excluding carboxylic acids is 1. The van der Waals surface area contributed by atoms with Crippen molar-refractivity contribution in [2.24, 2.45) is 0 Å². The van der Waals surface area contributed by atoms with Crippen molar-refractivity contribution in [2.75, 3.05) is 16.2 Å². The molecule has 0 unspecified atom stereocenters. The molecule has 0 saturated heterocycles. The fraction of sp³-hybridized carbons (Fsp3) is 0.211.